The molecule has 17 heavy (non-hydrogen) atoms. The van der Waals surface area contributed by atoms with Crippen LogP contribution in [0.2, 0.25) is 0 Å². The molecule has 0 atom stereocenters. The van der Waals surface area contributed by atoms with Gasteiger partial charge >= 0.3 is 0 Å². The normalized spacial score (nSPS) is 12.9. The van der Waals surface area contributed by atoms with Crippen LogP contribution in [0.25, 0.3) is 0 Å². The van der Waals surface area contributed by atoms with E-state index in [1.54, 1.807) is 5.38 Å². The van der Waals surface area contributed by atoms with Crippen molar-refractivity contribution in [1.29, 1.82) is 0 Å². The van der Waals surface area contributed by atoms with Gasteiger partial charge in [-0.1, -0.05) is 13.8 Å². The van der Waals surface area contributed by atoms with Gasteiger partial charge in [0.2, 0.25) is 0 Å². The molecule has 0 aliphatic rings. The van der Waals surface area contributed by atoms with Gasteiger partial charge in [0, 0.05) is 5.54 Å². The van der Waals surface area contributed by atoms with Gasteiger partial charge in [-0.15, -0.1) is 11.3 Å². The van der Waals surface area contributed by atoms with E-state index in [9.17, 15) is 8.42 Å². The molecule has 0 amide bonds. The predicted molar refractivity (Wildman–Crippen MR) is 69.6 cm³/mol. The highest BCUT2D eigenvalue weighted by atomic mass is 32.2. The van der Waals surface area contributed by atoms with Gasteiger partial charge in [0.15, 0.2) is 0 Å². The molecule has 0 spiro atoms. The van der Waals surface area contributed by atoms with Gasteiger partial charge in [0.1, 0.15) is 4.21 Å². The maximum atomic E-state index is 12.1. The summed E-state index contributed by atoms with van der Waals surface area (Å²) in [5, 5.41) is 10.6. The van der Waals surface area contributed by atoms with Crippen molar-refractivity contribution in [2.45, 2.75) is 50.0 Å². The van der Waals surface area contributed by atoms with E-state index in [0.29, 0.717) is 5.56 Å². The third-order valence-corrected chi connectivity index (χ3v) is 6.15. The first kappa shape index (κ1) is 14.6. The fourth-order valence-electron chi connectivity index (χ4n) is 1.35. The lowest BCUT2D eigenvalue weighted by Gasteiger charge is -2.27. The third-order valence-electron chi connectivity index (χ3n) is 3.02. The fraction of sp³-hybridized carbons (Fsp3) is 0.636. The summed E-state index contributed by atoms with van der Waals surface area (Å²) in [6.07, 6.45) is 1.47. The molecule has 0 aromatic carbocycles. The molecule has 1 rings (SSSR count). The summed E-state index contributed by atoms with van der Waals surface area (Å²) < 4.78 is 27.2. The monoisotopic (exact) mass is 277 g/mol. The average Bonchev–Trinajstić information content (AvgIpc) is 2.77. The number of nitrogens with one attached hydrogen (secondary N) is 1. The Labute approximate surface area is 107 Å². The van der Waals surface area contributed by atoms with Gasteiger partial charge in [0.25, 0.3) is 10.0 Å². The number of aliphatic hydroxyl groups is 1. The topological polar surface area (TPSA) is 66.4 Å². The Kier molecular flexibility index (Phi) is 4.71. The van der Waals surface area contributed by atoms with E-state index in [1.165, 1.54) is 6.07 Å². The van der Waals surface area contributed by atoms with Gasteiger partial charge in [-0.2, -0.15) is 0 Å². The van der Waals surface area contributed by atoms with Crippen LogP contribution in [0.5, 0.6) is 0 Å². The highest BCUT2D eigenvalue weighted by Gasteiger charge is 2.28. The Balaban J connectivity index is 2.96. The minimum absolute atomic E-state index is 0.134. The molecule has 1 aromatic rings. The van der Waals surface area contributed by atoms with E-state index in [0.717, 1.165) is 24.2 Å². The van der Waals surface area contributed by atoms with Crippen molar-refractivity contribution in [3.05, 3.63) is 17.0 Å². The number of hydrogen-bond donors (Lipinski definition) is 2. The second kappa shape index (κ2) is 5.48. The second-order valence-corrected chi connectivity index (χ2v) is 7.13. The van der Waals surface area contributed by atoms with Crippen LogP contribution < -0.4 is 4.72 Å². The lowest BCUT2D eigenvalue weighted by Crippen LogP contribution is -2.44. The molecule has 0 radical (unpaired) electrons. The molecule has 0 saturated heterocycles. The van der Waals surface area contributed by atoms with Crippen molar-refractivity contribution in [2.24, 2.45) is 0 Å². The molecule has 0 saturated carbocycles. The van der Waals surface area contributed by atoms with E-state index in [4.69, 9.17) is 5.11 Å². The Bertz CT molecular complexity index is 461. The van der Waals surface area contributed by atoms with Crippen molar-refractivity contribution in [3.63, 3.8) is 0 Å². The highest BCUT2D eigenvalue weighted by molar-refractivity contribution is 7.91. The second-order valence-electron chi connectivity index (χ2n) is 4.31. The van der Waals surface area contributed by atoms with Crippen LogP contribution >= 0.6 is 11.3 Å². The van der Waals surface area contributed by atoms with Gasteiger partial charge in [-0.25, -0.2) is 13.1 Å². The fourth-order valence-corrected chi connectivity index (χ4v) is 4.10. The van der Waals surface area contributed by atoms with Crippen molar-refractivity contribution in [3.8, 4) is 0 Å². The van der Waals surface area contributed by atoms with Crippen molar-refractivity contribution in [2.75, 3.05) is 0 Å². The molecule has 1 aromatic heterocycles. The zero-order valence-electron chi connectivity index (χ0n) is 10.4. The van der Waals surface area contributed by atoms with Crippen molar-refractivity contribution < 1.29 is 13.5 Å². The Morgan fingerprint density at radius 3 is 2.41 bits per heavy atom. The van der Waals surface area contributed by atoms with Gasteiger partial charge in [-0.3, -0.25) is 0 Å². The summed E-state index contributed by atoms with van der Waals surface area (Å²) >= 11 is 1.13. The minimum atomic E-state index is -3.47. The molecule has 4 nitrogen and oxygen atoms in total. The van der Waals surface area contributed by atoms with Gasteiger partial charge in [0.05, 0.1) is 6.61 Å². The predicted octanol–water partition coefficient (Wildman–Crippen LogP) is 2.10. The number of rotatable bonds is 6. The van der Waals surface area contributed by atoms with Gasteiger partial charge in [-0.05, 0) is 36.8 Å². The van der Waals surface area contributed by atoms with Crippen LogP contribution in [0.1, 0.15) is 39.2 Å². The van der Waals surface area contributed by atoms with Gasteiger partial charge < -0.3 is 5.11 Å². The highest BCUT2D eigenvalue weighted by Crippen LogP contribution is 2.23. The van der Waals surface area contributed by atoms with Crippen LogP contribution in [0, 0.1) is 0 Å². The van der Waals surface area contributed by atoms with Crippen LogP contribution in [-0.4, -0.2) is 19.1 Å². The zero-order chi connectivity index (χ0) is 13.1. The summed E-state index contributed by atoms with van der Waals surface area (Å²) in [7, 11) is -3.47. The molecule has 6 heteroatoms. The standard InChI is InChI=1S/C11H19NO3S2/c1-4-11(3,5-2)12-17(14,15)10-6-9(7-13)8-16-10/h6,8,12-13H,4-5,7H2,1-3H3. The van der Waals surface area contributed by atoms with E-state index in [-0.39, 0.29) is 10.8 Å². The average molecular weight is 277 g/mol. The SMILES string of the molecule is CCC(C)(CC)NS(=O)(=O)c1cc(CO)cs1. The third kappa shape index (κ3) is 3.51. The lowest BCUT2D eigenvalue weighted by atomic mass is 9.98. The van der Waals surface area contributed by atoms with E-state index < -0.39 is 15.6 Å². The Hall–Kier alpha value is -0.430. The number of hydrogen-bond acceptors (Lipinski definition) is 4. The summed E-state index contributed by atoms with van der Waals surface area (Å²) in [5.41, 5.74) is 0.215. The molecule has 1 heterocycles. The molecule has 2 N–H and O–H groups in total. The van der Waals surface area contributed by atoms with Crippen LogP contribution in [0.4, 0.5) is 0 Å². The zero-order valence-corrected chi connectivity index (χ0v) is 12.0. The lowest BCUT2D eigenvalue weighted by molar-refractivity contribution is 0.282. The Morgan fingerprint density at radius 1 is 1.41 bits per heavy atom. The Morgan fingerprint density at radius 2 is 2.00 bits per heavy atom. The largest absolute Gasteiger partial charge is 0.392 e. The maximum absolute atomic E-state index is 12.1. The first-order valence-electron chi connectivity index (χ1n) is 5.59. The molecular formula is C11H19NO3S2. The van der Waals surface area contributed by atoms with E-state index in [2.05, 4.69) is 4.72 Å². The molecule has 0 bridgehead atoms. The van der Waals surface area contributed by atoms with E-state index >= 15 is 0 Å². The summed E-state index contributed by atoms with van der Waals surface area (Å²) in [6, 6.07) is 1.51. The van der Waals surface area contributed by atoms with Crippen molar-refractivity contribution in [1.82, 2.24) is 4.72 Å². The molecule has 98 valence electrons. The summed E-state index contributed by atoms with van der Waals surface area (Å²) in [5.74, 6) is 0. The minimum Gasteiger partial charge on any atom is -0.392 e. The summed E-state index contributed by atoms with van der Waals surface area (Å²) in [4.78, 5) is 0. The molecule has 0 unspecified atom stereocenters. The quantitative estimate of drug-likeness (QED) is 0.837. The molecule has 0 fully saturated rings. The number of aliphatic hydroxyl groups excluding tert-OH is 1. The smallest absolute Gasteiger partial charge is 0.250 e. The molecular weight excluding hydrogens is 258 g/mol. The maximum Gasteiger partial charge on any atom is 0.250 e. The number of thiophene rings is 1. The van der Waals surface area contributed by atoms with Crippen LogP contribution in [-0.2, 0) is 16.6 Å². The first-order valence-corrected chi connectivity index (χ1v) is 7.95. The van der Waals surface area contributed by atoms with E-state index in [1.807, 2.05) is 20.8 Å². The van der Waals surface area contributed by atoms with Crippen LogP contribution in [0.3, 0.4) is 0 Å². The van der Waals surface area contributed by atoms with Crippen LogP contribution in [0.15, 0.2) is 15.7 Å². The molecule has 0 aliphatic carbocycles. The summed E-state index contributed by atoms with van der Waals surface area (Å²) in [6.45, 7) is 5.68. The first-order chi connectivity index (χ1) is 7.87. The van der Waals surface area contributed by atoms with Crippen molar-refractivity contribution >= 4 is 21.4 Å². The molecule has 0 aliphatic heterocycles. The number of sulfonamides is 1.